The number of hydrogen-bond acceptors (Lipinski definition) is 8. The van der Waals surface area contributed by atoms with Crippen LogP contribution in [0.5, 0.6) is 17.2 Å². The van der Waals surface area contributed by atoms with Gasteiger partial charge in [-0.05, 0) is 59.7 Å². The highest BCUT2D eigenvalue weighted by atomic mass is 16.5. The summed E-state index contributed by atoms with van der Waals surface area (Å²) in [5, 5.41) is 0. The van der Waals surface area contributed by atoms with Crippen LogP contribution in [-0.4, -0.2) is 44.3 Å². The van der Waals surface area contributed by atoms with Crippen LogP contribution < -0.4 is 14.2 Å². The second-order valence-electron chi connectivity index (χ2n) is 8.11. The molecule has 3 rings (SSSR count). The molecule has 0 aliphatic carbocycles. The molecule has 0 radical (unpaired) electrons. The molecule has 0 N–H and O–H groups in total. The maximum absolute atomic E-state index is 12.6. The van der Waals surface area contributed by atoms with E-state index in [0.717, 1.165) is 23.3 Å². The van der Waals surface area contributed by atoms with Gasteiger partial charge in [-0.1, -0.05) is 37.4 Å². The first-order valence-corrected chi connectivity index (χ1v) is 12.3. The molecule has 0 amide bonds. The van der Waals surface area contributed by atoms with E-state index in [4.69, 9.17) is 23.7 Å². The molecule has 0 aliphatic rings. The number of ether oxygens (including phenoxy) is 5. The van der Waals surface area contributed by atoms with Crippen molar-refractivity contribution >= 4 is 17.9 Å². The lowest BCUT2D eigenvalue weighted by Gasteiger charge is -2.09. The maximum Gasteiger partial charge on any atom is 0.343 e. The summed E-state index contributed by atoms with van der Waals surface area (Å²) in [4.78, 5) is 34.6. The highest BCUT2D eigenvalue weighted by molar-refractivity contribution is 5.91. The largest absolute Gasteiger partial charge is 0.493 e. The van der Waals surface area contributed by atoms with Gasteiger partial charge in [-0.3, -0.25) is 0 Å². The third kappa shape index (κ3) is 9.85. The molecule has 0 unspecified atom stereocenters. The molecule has 3 aromatic rings. The van der Waals surface area contributed by atoms with E-state index in [1.54, 1.807) is 36.4 Å². The lowest BCUT2D eigenvalue weighted by molar-refractivity contribution is -0.138. The summed E-state index contributed by atoms with van der Waals surface area (Å²) in [6.07, 6.45) is 3.36. The third-order valence-corrected chi connectivity index (χ3v) is 5.28. The highest BCUT2D eigenvalue weighted by Crippen LogP contribution is 2.24. The average Bonchev–Trinajstić information content (AvgIpc) is 2.97. The first-order valence-electron chi connectivity index (χ1n) is 12.3. The summed E-state index contributed by atoms with van der Waals surface area (Å²) in [5.41, 5.74) is 2.33. The molecule has 0 saturated carbocycles. The van der Waals surface area contributed by atoms with Crippen molar-refractivity contribution in [2.45, 2.75) is 12.8 Å². The van der Waals surface area contributed by atoms with Gasteiger partial charge in [0.25, 0.3) is 0 Å². The minimum absolute atomic E-state index is 0.247. The standard InChI is InChI=1S/C31H30O8/c1-3-29(32)37-21-5-19-35-26-13-11-24(12-14-26)23-7-9-25(10-8-23)31(34)39-28-17-15-27(16-18-28)36-20-6-22-38-30(33)4-2/h3-4,7-18H,1-2,5-6,19-22H2. The Morgan fingerprint density at radius 2 is 0.974 bits per heavy atom. The van der Waals surface area contributed by atoms with Crippen molar-refractivity contribution in [1.29, 1.82) is 0 Å². The molecule has 0 saturated heterocycles. The molecule has 0 aromatic heterocycles. The average molecular weight is 531 g/mol. The van der Waals surface area contributed by atoms with Gasteiger partial charge in [0.15, 0.2) is 0 Å². The molecular formula is C31H30O8. The van der Waals surface area contributed by atoms with Crippen molar-refractivity contribution in [2.75, 3.05) is 26.4 Å². The number of rotatable bonds is 15. The Morgan fingerprint density at radius 3 is 1.44 bits per heavy atom. The first-order chi connectivity index (χ1) is 19.0. The molecule has 0 aliphatic heterocycles. The lowest BCUT2D eigenvalue weighted by atomic mass is 10.0. The minimum atomic E-state index is -0.471. The minimum Gasteiger partial charge on any atom is -0.493 e. The second-order valence-corrected chi connectivity index (χ2v) is 8.11. The summed E-state index contributed by atoms with van der Waals surface area (Å²) >= 11 is 0. The van der Waals surface area contributed by atoms with Gasteiger partial charge in [-0.15, -0.1) is 0 Å². The molecular weight excluding hydrogens is 500 g/mol. The van der Waals surface area contributed by atoms with Crippen LogP contribution in [0.2, 0.25) is 0 Å². The second kappa shape index (κ2) is 15.4. The Bertz CT molecular complexity index is 1250. The Labute approximate surface area is 227 Å². The van der Waals surface area contributed by atoms with Gasteiger partial charge in [0.1, 0.15) is 17.2 Å². The van der Waals surface area contributed by atoms with Crippen LogP contribution in [0.15, 0.2) is 98.1 Å². The lowest BCUT2D eigenvalue weighted by Crippen LogP contribution is -2.08. The van der Waals surface area contributed by atoms with Gasteiger partial charge >= 0.3 is 17.9 Å². The molecule has 202 valence electrons. The smallest absolute Gasteiger partial charge is 0.343 e. The van der Waals surface area contributed by atoms with Crippen molar-refractivity contribution in [2.24, 2.45) is 0 Å². The molecule has 0 bridgehead atoms. The van der Waals surface area contributed by atoms with Gasteiger partial charge in [-0.25, -0.2) is 14.4 Å². The SMILES string of the molecule is C=CC(=O)OCCCOc1ccc(OC(=O)c2ccc(-c3ccc(OCCCOC(=O)C=C)cc3)cc2)cc1. The fourth-order valence-electron chi connectivity index (χ4n) is 3.27. The number of carbonyl (C=O) groups is 3. The Balaban J connectivity index is 1.43. The quantitative estimate of drug-likeness (QED) is 0.109. The van der Waals surface area contributed by atoms with Crippen molar-refractivity contribution in [3.63, 3.8) is 0 Å². The van der Waals surface area contributed by atoms with Crippen LogP contribution in [0.25, 0.3) is 11.1 Å². The summed E-state index contributed by atoms with van der Waals surface area (Å²) in [6.45, 7) is 8.00. The zero-order valence-corrected chi connectivity index (χ0v) is 21.5. The molecule has 0 atom stereocenters. The van der Waals surface area contributed by atoms with E-state index in [0.29, 0.717) is 48.9 Å². The fraction of sp³-hybridized carbons (Fsp3) is 0.194. The predicted molar refractivity (Wildman–Crippen MR) is 146 cm³/mol. The van der Waals surface area contributed by atoms with Gasteiger partial charge in [0.05, 0.1) is 32.0 Å². The van der Waals surface area contributed by atoms with Crippen LogP contribution in [0.3, 0.4) is 0 Å². The number of carbonyl (C=O) groups excluding carboxylic acids is 3. The monoisotopic (exact) mass is 530 g/mol. The van der Waals surface area contributed by atoms with Gasteiger partial charge in [0.2, 0.25) is 0 Å². The summed E-state index contributed by atoms with van der Waals surface area (Å²) in [6, 6.07) is 21.4. The van der Waals surface area contributed by atoms with E-state index in [2.05, 4.69) is 13.2 Å². The van der Waals surface area contributed by atoms with E-state index in [-0.39, 0.29) is 13.2 Å². The maximum atomic E-state index is 12.6. The molecule has 8 nitrogen and oxygen atoms in total. The van der Waals surface area contributed by atoms with E-state index in [9.17, 15) is 14.4 Å². The number of esters is 3. The molecule has 0 heterocycles. The van der Waals surface area contributed by atoms with Crippen LogP contribution in [-0.2, 0) is 19.1 Å². The first kappa shape index (κ1) is 28.7. The normalized spacial score (nSPS) is 10.2. The van der Waals surface area contributed by atoms with Crippen molar-refractivity contribution in [3.05, 3.63) is 104 Å². The van der Waals surface area contributed by atoms with Crippen LogP contribution >= 0.6 is 0 Å². The van der Waals surface area contributed by atoms with Crippen molar-refractivity contribution in [3.8, 4) is 28.4 Å². The van der Waals surface area contributed by atoms with Crippen LogP contribution in [0.1, 0.15) is 23.2 Å². The topological polar surface area (TPSA) is 97.4 Å². The van der Waals surface area contributed by atoms with Gasteiger partial charge in [0, 0.05) is 25.0 Å². The van der Waals surface area contributed by atoms with E-state index in [1.165, 1.54) is 0 Å². The molecule has 0 spiro atoms. The zero-order chi connectivity index (χ0) is 27.9. The van der Waals surface area contributed by atoms with Crippen molar-refractivity contribution in [1.82, 2.24) is 0 Å². The molecule has 8 heteroatoms. The van der Waals surface area contributed by atoms with Crippen LogP contribution in [0, 0.1) is 0 Å². The van der Waals surface area contributed by atoms with Crippen LogP contribution in [0.4, 0.5) is 0 Å². The van der Waals surface area contributed by atoms with Gasteiger partial charge < -0.3 is 23.7 Å². The molecule has 0 fully saturated rings. The third-order valence-electron chi connectivity index (χ3n) is 5.28. The van der Waals surface area contributed by atoms with Gasteiger partial charge in [-0.2, -0.15) is 0 Å². The number of benzene rings is 3. The summed E-state index contributed by atoms with van der Waals surface area (Å²) in [5.74, 6) is 0.333. The van der Waals surface area contributed by atoms with E-state index >= 15 is 0 Å². The Hall–Kier alpha value is -4.85. The Kier molecular flexibility index (Phi) is 11.3. The fourth-order valence-corrected chi connectivity index (χ4v) is 3.27. The van der Waals surface area contributed by atoms with E-state index in [1.807, 2.05) is 36.4 Å². The number of hydrogen-bond donors (Lipinski definition) is 0. The predicted octanol–water partition coefficient (Wildman–Crippen LogP) is 5.57. The molecule has 3 aromatic carbocycles. The summed E-state index contributed by atoms with van der Waals surface area (Å²) in [7, 11) is 0. The molecule has 39 heavy (non-hydrogen) atoms. The Morgan fingerprint density at radius 1 is 0.564 bits per heavy atom. The highest BCUT2D eigenvalue weighted by Gasteiger charge is 2.10. The summed E-state index contributed by atoms with van der Waals surface area (Å²) < 4.78 is 26.5. The van der Waals surface area contributed by atoms with Crippen molar-refractivity contribution < 1.29 is 38.1 Å². The zero-order valence-electron chi connectivity index (χ0n) is 21.5. The van der Waals surface area contributed by atoms with E-state index < -0.39 is 17.9 Å².